The molecule has 0 rings (SSSR count). The SMILES string of the molecule is CCCC[N+](CCCC)(CCCC)CCCC.N.O.[H+]. The lowest BCUT2D eigenvalue weighted by Crippen LogP contribution is -2.50. The Morgan fingerprint density at radius 3 is 0.947 bits per heavy atom. The highest BCUT2D eigenvalue weighted by molar-refractivity contribution is 4.49. The van der Waals surface area contributed by atoms with E-state index in [0.29, 0.717) is 0 Å². The molecule has 0 aromatic carbocycles. The molecule has 0 unspecified atom stereocenters. The average Bonchev–Trinajstić information content (AvgIpc) is 2.37. The number of unbranched alkanes of at least 4 members (excludes halogenated alkanes) is 4. The van der Waals surface area contributed by atoms with Crippen molar-refractivity contribution in [2.24, 2.45) is 0 Å². The number of rotatable bonds is 12. The summed E-state index contributed by atoms with van der Waals surface area (Å²) in [5, 5.41) is 0. The lowest BCUT2D eigenvalue weighted by molar-refractivity contribution is -0.929. The molecule has 0 atom stereocenters. The van der Waals surface area contributed by atoms with Gasteiger partial charge in [0.15, 0.2) is 0 Å². The minimum absolute atomic E-state index is 0. The molecule has 0 aliphatic carbocycles. The van der Waals surface area contributed by atoms with E-state index in [1.54, 1.807) is 0 Å². The van der Waals surface area contributed by atoms with Crippen LogP contribution in [0.2, 0.25) is 0 Å². The predicted octanol–water partition coefficient (Wildman–Crippen LogP) is 4.45. The molecule has 0 bridgehead atoms. The number of hydrogen-bond acceptors (Lipinski definition) is 1. The van der Waals surface area contributed by atoms with Gasteiger partial charge in [-0.1, -0.05) is 53.4 Å². The van der Waals surface area contributed by atoms with Crippen molar-refractivity contribution in [1.29, 1.82) is 0 Å². The van der Waals surface area contributed by atoms with Gasteiger partial charge in [0.1, 0.15) is 0 Å². The van der Waals surface area contributed by atoms with Gasteiger partial charge in [0.25, 0.3) is 0 Å². The third kappa shape index (κ3) is 11.4. The minimum Gasteiger partial charge on any atom is -0.412 e. The zero-order valence-electron chi connectivity index (χ0n) is 15.1. The number of quaternary nitrogens is 1. The van der Waals surface area contributed by atoms with E-state index >= 15 is 0 Å². The summed E-state index contributed by atoms with van der Waals surface area (Å²) >= 11 is 0. The van der Waals surface area contributed by atoms with Gasteiger partial charge in [-0.15, -0.1) is 0 Å². The summed E-state index contributed by atoms with van der Waals surface area (Å²) in [5.74, 6) is 0. The first-order valence-corrected chi connectivity index (χ1v) is 8.09. The first-order valence-electron chi connectivity index (χ1n) is 8.09. The summed E-state index contributed by atoms with van der Waals surface area (Å²) in [6.45, 7) is 15.0. The molecule has 0 radical (unpaired) electrons. The summed E-state index contributed by atoms with van der Waals surface area (Å²) in [6.07, 6.45) is 11.1. The summed E-state index contributed by atoms with van der Waals surface area (Å²) in [4.78, 5) is 0. The maximum Gasteiger partial charge on any atom is 1.00 e. The van der Waals surface area contributed by atoms with Crippen LogP contribution in [0.1, 0.15) is 80.5 Å². The largest absolute Gasteiger partial charge is 1.00 e. The molecule has 0 aliphatic heterocycles. The van der Waals surface area contributed by atoms with E-state index in [4.69, 9.17) is 0 Å². The van der Waals surface area contributed by atoms with Crippen LogP contribution < -0.4 is 6.15 Å². The normalized spacial score (nSPS) is 10.7. The van der Waals surface area contributed by atoms with Crippen LogP contribution in [0.4, 0.5) is 0 Å². The zero-order valence-corrected chi connectivity index (χ0v) is 14.1. The molecule has 0 saturated carbocycles. The predicted molar refractivity (Wildman–Crippen MR) is 89.1 cm³/mol. The van der Waals surface area contributed by atoms with Gasteiger partial charge in [-0.25, -0.2) is 0 Å². The molecular weight excluding hydrogens is 236 g/mol. The quantitative estimate of drug-likeness (QED) is 0.526. The fourth-order valence-electron chi connectivity index (χ4n) is 2.64. The second-order valence-electron chi connectivity index (χ2n) is 5.65. The van der Waals surface area contributed by atoms with E-state index < -0.39 is 0 Å². The van der Waals surface area contributed by atoms with Crippen molar-refractivity contribution in [1.82, 2.24) is 6.15 Å². The third-order valence-electron chi connectivity index (χ3n) is 3.94. The molecule has 0 fully saturated rings. The van der Waals surface area contributed by atoms with Gasteiger partial charge >= 0.3 is 1.43 Å². The fourth-order valence-corrected chi connectivity index (χ4v) is 2.64. The molecule has 120 valence electrons. The van der Waals surface area contributed by atoms with Crippen LogP contribution in [-0.4, -0.2) is 36.1 Å². The second-order valence-corrected chi connectivity index (χ2v) is 5.65. The van der Waals surface area contributed by atoms with E-state index in [1.165, 1.54) is 82.0 Å². The van der Waals surface area contributed by atoms with E-state index in [2.05, 4.69) is 27.7 Å². The smallest absolute Gasteiger partial charge is 0.412 e. The van der Waals surface area contributed by atoms with Crippen molar-refractivity contribution in [3.8, 4) is 0 Å². The first-order chi connectivity index (χ1) is 8.24. The molecule has 0 heterocycles. The Bertz CT molecular complexity index is 131. The van der Waals surface area contributed by atoms with Crippen molar-refractivity contribution in [3.63, 3.8) is 0 Å². The minimum atomic E-state index is 0. The molecule has 3 heteroatoms. The van der Waals surface area contributed by atoms with Crippen LogP contribution >= 0.6 is 0 Å². The van der Waals surface area contributed by atoms with E-state index in [9.17, 15) is 0 Å². The maximum atomic E-state index is 2.33. The van der Waals surface area contributed by atoms with Gasteiger partial charge in [0, 0.05) is 0 Å². The van der Waals surface area contributed by atoms with E-state index in [1.807, 2.05) is 0 Å². The topological polar surface area (TPSA) is 66.5 Å². The summed E-state index contributed by atoms with van der Waals surface area (Å²) in [5.41, 5.74) is 0. The molecule has 0 aromatic rings. The standard InChI is InChI=1S/C16H36N.H3N.H2O/c1-5-9-13-17(14-10-6-2,15-11-7-3)16-12-8-4;;/h5-16H2,1-4H3;1H3;1H2/q+1;;/p+1. The number of hydrogen-bond donors (Lipinski definition) is 1. The number of nitrogens with zero attached hydrogens (tertiary/aromatic N) is 1. The van der Waals surface area contributed by atoms with Gasteiger partial charge in [0.05, 0.1) is 26.2 Å². The maximum absolute atomic E-state index is 2.33. The zero-order chi connectivity index (χ0) is 13.0. The second kappa shape index (κ2) is 15.9. The Labute approximate surface area is 123 Å². The highest BCUT2D eigenvalue weighted by atomic mass is 16.0. The molecule has 0 aliphatic rings. The molecule has 0 spiro atoms. The van der Waals surface area contributed by atoms with Crippen LogP contribution in [0.15, 0.2) is 0 Å². The van der Waals surface area contributed by atoms with Crippen molar-refractivity contribution >= 4 is 0 Å². The summed E-state index contributed by atoms with van der Waals surface area (Å²) < 4.78 is 1.42. The van der Waals surface area contributed by atoms with Crippen LogP contribution in [0.5, 0.6) is 0 Å². The Morgan fingerprint density at radius 1 is 0.579 bits per heavy atom. The Hall–Kier alpha value is -0.120. The van der Waals surface area contributed by atoms with Crippen LogP contribution in [-0.2, 0) is 0 Å². The Kier molecular flexibility index (Phi) is 20.1. The molecule has 0 aromatic heterocycles. The van der Waals surface area contributed by atoms with Crippen LogP contribution in [0, 0.1) is 0 Å². The van der Waals surface area contributed by atoms with E-state index in [-0.39, 0.29) is 13.1 Å². The molecule has 19 heavy (non-hydrogen) atoms. The van der Waals surface area contributed by atoms with Crippen molar-refractivity contribution < 1.29 is 11.4 Å². The molecular formula is C16H42N2O+2. The Morgan fingerprint density at radius 2 is 0.789 bits per heavy atom. The van der Waals surface area contributed by atoms with Crippen LogP contribution in [0.25, 0.3) is 0 Å². The molecule has 3 nitrogen and oxygen atoms in total. The van der Waals surface area contributed by atoms with E-state index in [0.717, 1.165) is 0 Å². The summed E-state index contributed by atoms with van der Waals surface area (Å²) in [7, 11) is 0. The van der Waals surface area contributed by atoms with Gasteiger partial charge in [0.2, 0.25) is 0 Å². The van der Waals surface area contributed by atoms with Crippen LogP contribution in [0.3, 0.4) is 0 Å². The average molecular weight is 279 g/mol. The van der Waals surface area contributed by atoms with Crippen molar-refractivity contribution in [2.75, 3.05) is 26.2 Å². The van der Waals surface area contributed by atoms with Gasteiger partial charge < -0.3 is 16.1 Å². The monoisotopic (exact) mass is 278 g/mol. The molecule has 5 N–H and O–H groups in total. The van der Waals surface area contributed by atoms with Crippen molar-refractivity contribution in [3.05, 3.63) is 0 Å². The lowest BCUT2D eigenvalue weighted by Gasteiger charge is -2.39. The highest BCUT2D eigenvalue weighted by Gasteiger charge is 2.24. The molecule has 0 amide bonds. The highest BCUT2D eigenvalue weighted by Crippen LogP contribution is 2.16. The lowest BCUT2D eigenvalue weighted by atomic mass is 10.1. The summed E-state index contributed by atoms with van der Waals surface area (Å²) in [6, 6.07) is 0. The van der Waals surface area contributed by atoms with Gasteiger partial charge in [-0.2, -0.15) is 0 Å². The molecule has 0 saturated heterocycles. The van der Waals surface area contributed by atoms with Crippen molar-refractivity contribution in [2.45, 2.75) is 79.1 Å². The Balaban J connectivity index is -0.000000427. The third-order valence-corrected chi connectivity index (χ3v) is 3.94. The first kappa shape index (κ1) is 23.9. The van der Waals surface area contributed by atoms with Gasteiger partial charge in [-0.3, -0.25) is 0 Å². The van der Waals surface area contributed by atoms with Gasteiger partial charge in [-0.05, 0) is 25.7 Å². The fraction of sp³-hybridized carbons (Fsp3) is 1.00.